The lowest BCUT2D eigenvalue weighted by atomic mass is 10.0. The zero-order chi connectivity index (χ0) is 16.0. The third-order valence-corrected chi connectivity index (χ3v) is 3.24. The van der Waals surface area contributed by atoms with E-state index >= 15 is 0 Å². The van der Waals surface area contributed by atoms with Crippen LogP contribution in [-0.4, -0.2) is 25.6 Å². The van der Waals surface area contributed by atoms with Gasteiger partial charge in [-0.3, -0.25) is 5.41 Å². The van der Waals surface area contributed by atoms with Crippen LogP contribution in [0.2, 0.25) is 0 Å². The SMILES string of the molecule is CCOc1ccc(CC)c(N(C(=N)N)C(=O)NC)c1CC. The van der Waals surface area contributed by atoms with Crippen LogP contribution in [0.5, 0.6) is 5.75 Å². The first-order valence-electron chi connectivity index (χ1n) is 7.15. The van der Waals surface area contributed by atoms with Crippen LogP contribution in [0, 0.1) is 5.41 Å². The molecule has 116 valence electrons. The molecular formula is C15H24N4O2. The molecule has 0 bridgehead atoms. The molecule has 0 radical (unpaired) electrons. The van der Waals surface area contributed by atoms with E-state index < -0.39 is 6.03 Å². The molecule has 1 aromatic rings. The highest BCUT2D eigenvalue weighted by Gasteiger charge is 2.25. The number of urea groups is 1. The predicted molar refractivity (Wildman–Crippen MR) is 85.2 cm³/mol. The molecule has 0 heterocycles. The largest absolute Gasteiger partial charge is 0.494 e. The summed E-state index contributed by atoms with van der Waals surface area (Å²) in [6.07, 6.45) is 1.41. The van der Waals surface area contributed by atoms with Crippen LogP contribution in [0.3, 0.4) is 0 Å². The molecule has 1 aromatic carbocycles. The number of nitrogens with zero attached hydrogens (tertiary/aromatic N) is 1. The maximum atomic E-state index is 12.1. The number of rotatable bonds is 5. The highest BCUT2D eigenvalue weighted by molar-refractivity contribution is 6.15. The molecule has 0 saturated heterocycles. The number of hydrogen-bond acceptors (Lipinski definition) is 3. The van der Waals surface area contributed by atoms with Gasteiger partial charge in [-0.25, -0.2) is 9.69 Å². The van der Waals surface area contributed by atoms with Crippen LogP contribution >= 0.6 is 0 Å². The van der Waals surface area contributed by atoms with Crippen molar-refractivity contribution < 1.29 is 9.53 Å². The van der Waals surface area contributed by atoms with E-state index in [4.69, 9.17) is 15.9 Å². The van der Waals surface area contributed by atoms with Crippen LogP contribution < -0.4 is 20.7 Å². The Labute approximate surface area is 125 Å². The monoisotopic (exact) mass is 292 g/mol. The second-order valence-corrected chi connectivity index (χ2v) is 4.47. The third kappa shape index (κ3) is 3.45. The van der Waals surface area contributed by atoms with Crippen LogP contribution in [0.1, 0.15) is 31.9 Å². The standard InChI is InChI=1S/C15H24N4O2/c1-5-10-8-9-12(21-7-3)11(6-2)13(10)19(14(16)17)15(20)18-4/h8-9H,5-7H2,1-4H3,(H3,16,17)(H,18,20). The van der Waals surface area contributed by atoms with Gasteiger partial charge in [0.2, 0.25) is 5.96 Å². The Balaban J connectivity index is 3.57. The highest BCUT2D eigenvalue weighted by atomic mass is 16.5. The number of ether oxygens (including phenoxy) is 1. The molecule has 0 aliphatic rings. The first-order chi connectivity index (χ1) is 10.0. The van der Waals surface area contributed by atoms with Gasteiger partial charge in [0.25, 0.3) is 0 Å². The number of carbonyl (C=O) groups excluding carboxylic acids is 1. The minimum Gasteiger partial charge on any atom is -0.494 e. The summed E-state index contributed by atoms with van der Waals surface area (Å²) < 4.78 is 5.64. The summed E-state index contributed by atoms with van der Waals surface area (Å²) in [5.74, 6) is 0.412. The molecule has 0 spiro atoms. The van der Waals surface area contributed by atoms with E-state index in [-0.39, 0.29) is 5.96 Å². The molecule has 4 N–H and O–H groups in total. The van der Waals surface area contributed by atoms with E-state index in [1.165, 1.54) is 11.9 Å². The fourth-order valence-corrected chi connectivity index (χ4v) is 2.31. The number of nitrogens with one attached hydrogen (secondary N) is 2. The van der Waals surface area contributed by atoms with Gasteiger partial charge < -0.3 is 15.8 Å². The summed E-state index contributed by atoms with van der Waals surface area (Å²) in [4.78, 5) is 13.3. The van der Waals surface area contributed by atoms with Crippen molar-refractivity contribution in [3.8, 4) is 5.75 Å². The van der Waals surface area contributed by atoms with E-state index in [1.807, 2.05) is 32.9 Å². The average molecular weight is 292 g/mol. The number of amides is 2. The quantitative estimate of drug-likeness (QED) is 0.574. The zero-order valence-corrected chi connectivity index (χ0v) is 13.1. The van der Waals surface area contributed by atoms with Gasteiger partial charge in [-0.05, 0) is 31.4 Å². The van der Waals surface area contributed by atoms with Crippen molar-refractivity contribution in [2.45, 2.75) is 33.6 Å². The van der Waals surface area contributed by atoms with Crippen LogP contribution in [-0.2, 0) is 12.8 Å². The molecule has 6 heteroatoms. The fourth-order valence-electron chi connectivity index (χ4n) is 2.31. The Bertz CT molecular complexity index is 529. The molecule has 0 aliphatic carbocycles. The Kier molecular flexibility index (Phi) is 6.02. The number of carbonyl (C=O) groups is 1. The van der Waals surface area contributed by atoms with Crippen molar-refractivity contribution in [3.05, 3.63) is 23.3 Å². The Hall–Kier alpha value is -2.24. The molecule has 21 heavy (non-hydrogen) atoms. The summed E-state index contributed by atoms with van der Waals surface area (Å²) in [6, 6.07) is 3.39. The topological polar surface area (TPSA) is 91.4 Å². The Morgan fingerprint density at radius 2 is 2.00 bits per heavy atom. The van der Waals surface area contributed by atoms with Gasteiger partial charge >= 0.3 is 6.03 Å². The number of anilines is 1. The summed E-state index contributed by atoms with van der Waals surface area (Å²) in [5.41, 5.74) is 8.11. The lowest BCUT2D eigenvalue weighted by Crippen LogP contribution is -2.47. The predicted octanol–water partition coefficient (Wildman–Crippen LogP) is 2.25. The summed E-state index contributed by atoms with van der Waals surface area (Å²) >= 11 is 0. The minimum absolute atomic E-state index is 0.313. The first-order valence-corrected chi connectivity index (χ1v) is 7.15. The maximum absolute atomic E-state index is 12.1. The minimum atomic E-state index is -0.430. The lowest BCUT2D eigenvalue weighted by Gasteiger charge is -2.26. The number of nitrogens with two attached hydrogens (primary N) is 1. The van der Waals surface area contributed by atoms with Gasteiger partial charge in [0.15, 0.2) is 0 Å². The van der Waals surface area contributed by atoms with E-state index in [0.717, 1.165) is 23.3 Å². The fraction of sp³-hybridized carbons (Fsp3) is 0.467. The molecular weight excluding hydrogens is 268 g/mol. The summed E-state index contributed by atoms with van der Waals surface area (Å²) in [5, 5.41) is 10.3. The molecule has 1 rings (SSSR count). The van der Waals surface area contributed by atoms with Gasteiger partial charge in [0.1, 0.15) is 5.75 Å². The normalized spacial score (nSPS) is 10.1. The molecule has 0 aromatic heterocycles. The van der Waals surface area contributed by atoms with E-state index in [9.17, 15) is 4.79 Å². The van der Waals surface area contributed by atoms with Crippen molar-refractivity contribution in [1.29, 1.82) is 5.41 Å². The Morgan fingerprint density at radius 1 is 1.33 bits per heavy atom. The number of hydrogen-bond donors (Lipinski definition) is 3. The number of guanidine groups is 1. The van der Waals surface area contributed by atoms with Crippen molar-refractivity contribution in [1.82, 2.24) is 5.32 Å². The second kappa shape index (κ2) is 7.52. The van der Waals surface area contributed by atoms with Gasteiger partial charge in [-0.15, -0.1) is 0 Å². The van der Waals surface area contributed by atoms with Crippen molar-refractivity contribution in [2.75, 3.05) is 18.6 Å². The van der Waals surface area contributed by atoms with Crippen molar-refractivity contribution >= 4 is 17.7 Å². The van der Waals surface area contributed by atoms with Crippen molar-refractivity contribution in [2.24, 2.45) is 5.73 Å². The third-order valence-electron chi connectivity index (χ3n) is 3.24. The molecule has 2 amide bonds. The molecule has 0 aliphatic heterocycles. The number of benzene rings is 1. The zero-order valence-electron chi connectivity index (χ0n) is 13.1. The molecule has 0 unspecified atom stereocenters. The Morgan fingerprint density at radius 3 is 2.43 bits per heavy atom. The van der Waals surface area contributed by atoms with E-state index in [0.29, 0.717) is 18.7 Å². The van der Waals surface area contributed by atoms with Gasteiger partial charge in [0.05, 0.1) is 12.3 Å². The van der Waals surface area contributed by atoms with E-state index in [2.05, 4.69) is 5.32 Å². The summed E-state index contributed by atoms with van der Waals surface area (Å²) in [6.45, 7) is 6.44. The van der Waals surface area contributed by atoms with Crippen LogP contribution in [0.4, 0.5) is 10.5 Å². The van der Waals surface area contributed by atoms with Gasteiger partial charge in [0, 0.05) is 12.6 Å². The van der Waals surface area contributed by atoms with Crippen LogP contribution in [0.25, 0.3) is 0 Å². The molecule has 6 nitrogen and oxygen atoms in total. The van der Waals surface area contributed by atoms with E-state index in [1.54, 1.807) is 0 Å². The molecule has 0 saturated carbocycles. The van der Waals surface area contributed by atoms with Crippen molar-refractivity contribution in [3.63, 3.8) is 0 Å². The molecule has 0 fully saturated rings. The highest BCUT2D eigenvalue weighted by Crippen LogP contribution is 2.34. The van der Waals surface area contributed by atoms with Gasteiger partial charge in [-0.1, -0.05) is 19.9 Å². The first kappa shape index (κ1) is 16.8. The smallest absolute Gasteiger partial charge is 0.328 e. The van der Waals surface area contributed by atoms with Crippen LogP contribution in [0.15, 0.2) is 12.1 Å². The maximum Gasteiger partial charge on any atom is 0.328 e. The lowest BCUT2D eigenvalue weighted by molar-refractivity contribution is 0.251. The molecule has 0 atom stereocenters. The van der Waals surface area contributed by atoms with Gasteiger partial charge in [-0.2, -0.15) is 0 Å². The second-order valence-electron chi connectivity index (χ2n) is 4.47. The average Bonchev–Trinajstić information content (AvgIpc) is 2.47. The number of aryl methyl sites for hydroxylation is 1. The summed E-state index contributed by atoms with van der Waals surface area (Å²) in [7, 11) is 1.52.